The van der Waals surface area contributed by atoms with Gasteiger partial charge in [-0.15, -0.1) is 0 Å². The summed E-state index contributed by atoms with van der Waals surface area (Å²) in [6, 6.07) is -0.649. The Labute approximate surface area is 333 Å². The molecule has 0 aromatic heterocycles. The molecule has 0 radical (unpaired) electrons. The van der Waals surface area contributed by atoms with Crippen LogP contribution in [0, 0.1) is 0 Å². The van der Waals surface area contributed by atoms with Crippen molar-refractivity contribution < 1.29 is 15.0 Å². The van der Waals surface area contributed by atoms with Gasteiger partial charge in [0.1, 0.15) is 0 Å². The number of amides is 1. The van der Waals surface area contributed by atoms with Crippen LogP contribution < -0.4 is 5.32 Å². The van der Waals surface area contributed by atoms with Crippen molar-refractivity contribution in [1.82, 2.24) is 5.32 Å². The van der Waals surface area contributed by atoms with Crippen molar-refractivity contribution in [2.24, 2.45) is 0 Å². The Hall–Kier alpha value is -3.21. The van der Waals surface area contributed by atoms with Gasteiger partial charge in [0.15, 0.2) is 0 Å². The van der Waals surface area contributed by atoms with E-state index in [2.05, 4.69) is 129 Å². The number of aliphatic hydroxyl groups excluding tert-OH is 2. The van der Waals surface area contributed by atoms with E-state index in [-0.39, 0.29) is 12.5 Å². The summed E-state index contributed by atoms with van der Waals surface area (Å²) in [4.78, 5) is 12.3. The molecule has 0 aliphatic carbocycles. The van der Waals surface area contributed by atoms with E-state index in [4.69, 9.17) is 0 Å². The van der Waals surface area contributed by atoms with E-state index in [0.717, 1.165) is 96.3 Å². The molecule has 0 rings (SSSR count). The Bertz CT molecular complexity index is 1120. The smallest absolute Gasteiger partial charge is 0.220 e. The Morgan fingerprint density at radius 2 is 0.833 bits per heavy atom. The topological polar surface area (TPSA) is 69.6 Å². The molecule has 2 unspecified atom stereocenters. The standard InChI is InChI=1S/C50H81NO3/c1-3-5-7-9-11-13-14-15-16-17-18-19-20-21-22-23-24-25-26-27-28-29-30-31-32-33-34-35-36-38-40-42-44-46-50(54)51-48(47-52)49(53)45-43-41-39-37-12-10-8-6-4-2/h5,7,11-13,15-16,18-19,21-22,24-25,27-28,30-31,37,43,45,48-49,52-53H,3-4,6,8-10,14,17,20,23,26,29,32-36,38-42,44,46-47H2,1-2H3,(H,51,54)/b7-5-,13-11-,16-15-,19-18-,22-21-,25-24-,28-27-,31-30-,37-12+,45-43+. The molecule has 0 aliphatic rings. The fourth-order valence-electron chi connectivity index (χ4n) is 5.62. The third kappa shape index (κ3) is 40.0. The number of nitrogens with one attached hydrogen (secondary N) is 1. The molecular formula is C50H81NO3. The second-order valence-electron chi connectivity index (χ2n) is 14.0. The Morgan fingerprint density at radius 3 is 1.30 bits per heavy atom. The maximum absolute atomic E-state index is 12.3. The molecule has 0 fully saturated rings. The van der Waals surface area contributed by atoms with Crippen molar-refractivity contribution in [2.75, 3.05) is 6.61 Å². The van der Waals surface area contributed by atoms with E-state index in [9.17, 15) is 15.0 Å². The first-order valence-electron chi connectivity index (χ1n) is 21.7. The molecule has 0 aromatic rings. The van der Waals surface area contributed by atoms with Gasteiger partial charge < -0.3 is 15.5 Å². The predicted molar refractivity (Wildman–Crippen MR) is 239 cm³/mol. The molecular weight excluding hydrogens is 663 g/mol. The fourth-order valence-corrected chi connectivity index (χ4v) is 5.62. The fraction of sp³-hybridized carbons (Fsp3) is 0.580. The van der Waals surface area contributed by atoms with Gasteiger partial charge in [-0.1, -0.05) is 187 Å². The number of carbonyl (C=O) groups excluding carboxylic acids is 1. The van der Waals surface area contributed by atoms with E-state index in [1.807, 2.05) is 6.08 Å². The zero-order valence-electron chi connectivity index (χ0n) is 34.7. The van der Waals surface area contributed by atoms with Crippen molar-refractivity contribution in [3.63, 3.8) is 0 Å². The first kappa shape index (κ1) is 50.8. The maximum Gasteiger partial charge on any atom is 0.220 e. The van der Waals surface area contributed by atoms with Gasteiger partial charge in [-0.2, -0.15) is 0 Å². The third-order valence-electron chi connectivity index (χ3n) is 8.93. The monoisotopic (exact) mass is 744 g/mol. The minimum Gasteiger partial charge on any atom is -0.394 e. The van der Waals surface area contributed by atoms with E-state index in [1.165, 1.54) is 51.4 Å². The normalized spacial score (nSPS) is 14.2. The van der Waals surface area contributed by atoms with Crippen LogP contribution in [0.5, 0.6) is 0 Å². The minimum absolute atomic E-state index is 0.0926. The van der Waals surface area contributed by atoms with E-state index in [1.54, 1.807) is 6.08 Å². The van der Waals surface area contributed by atoms with Gasteiger partial charge in [0.2, 0.25) is 5.91 Å². The lowest BCUT2D eigenvalue weighted by Crippen LogP contribution is -2.45. The number of allylic oxidation sites excluding steroid dienone is 19. The molecule has 0 saturated carbocycles. The van der Waals surface area contributed by atoms with E-state index < -0.39 is 12.1 Å². The molecule has 0 saturated heterocycles. The van der Waals surface area contributed by atoms with Gasteiger partial charge >= 0.3 is 0 Å². The minimum atomic E-state index is -0.871. The molecule has 1 amide bonds. The van der Waals surface area contributed by atoms with Crippen LogP contribution in [0.2, 0.25) is 0 Å². The first-order valence-corrected chi connectivity index (χ1v) is 21.7. The summed E-state index contributed by atoms with van der Waals surface area (Å²) in [5.41, 5.74) is 0. The highest BCUT2D eigenvalue weighted by atomic mass is 16.3. The number of hydrogen-bond acceptors (Lipinski definition) is 3. The average molecular weight is 744 g/mol. The number of unbranched alkanes of at least 4 members (excludes halogenated alkanes) is 12. The lowest BCUT2D eigenvalue weighted by Gasteiger charge is -2.19. The Kier molecular flexibility index (Phi) is 41.6. The van der Waals surface area contributed by atoms with Crippen LogP contribution in [0.3, 0.4) is 0 Å². The molecule has 304 valence electrons. The number of aliphatic hydroxyl groups is 2. The van der Waals surface area contributed by atoms with Crippen molar-refractivity contribution in [3.05, 3.63) is 122 Å². The van der Waals surface area contributed by atoms with Crippen LogP contribution in [0.4, 0.5) is 0 Å². The largest absolute Gasteiger partial charge is 0.394 e. The lowest BCUT2D eigenvalue weighted by atomic mass is 10.1. The van der Waals surface area contributed by atoms with Crippen molar-refractivity contribution >= 4 is 5.91 Å². The summed E-state index contributed by atoms with van der Waals surface area (Å²) in [5.74, 6) is -0.0926. The highest BCUT2D eigenvalue weighted by Gasteiger charge is 2.17. The van der Waals surface area contributed by atoms with Crippen molar-refractivity contribution in [2.45, 2.75) is 180 Å². The number of hydrogen-bond donors (Lipinski definition) is 3. The second-order valence-corrected chi connectivity index (χ2v) is 14.0. The second kappa shape index (κ2) is 44.2. The van der Waals surface area contributed by atoms with Crippen LogP contribution in [0.25, 0.3) is 0 Å². The van der Waals surface area contributed by atoms with Gasteiger partial charge in [-0.25, -0.2) is 0 Å². The molecule has 0 aromatic carbocycles. The van der Waals surface area contributed by atoms with Crippen molar-refractivity contribution in [3.8, 4) is 0 Å². The first-order chi connectivity index (χ1) is 26.7. The highest BCUT2D eigenvalue weighted by molar-refractivity contribution is 5.76. The van der Waals surface area contributed by atoms with Gasteiger partial charge in [0.05, 0.1) is 18.8 Å². The zero-order valence-corrected chi connectivity index (χ0v) is 34.7. The SMILES string of the molecule is CC/C=C\C/C=C\C/C=C\C/C=C\C/C=C\C/C=C\C/C=C\C/C=C\CCCCCCCCCCC(=O)NC(CO)C(O)/C=C/CC/C=C/CCCCC. The highest BCUT2D eigenvalue weighted by Crippen LogP contribution is 2.11. The molecule has 0 aliphatic heterocycles. The lowest BCUT2D eigenvalue weighted by molar-refractivity contribution is -0.123. The van der Waals surface area contributed by atoms with E-state index in [0.29, 0.717) is 6.42 Å². The summed E-state index contributed by atoms with van der Waals surface area (Å²) < 4.78 is 0. The molecule has 4 nitrogen and oxygen atoms in total. The van der Waals surface area contributed by atoms with Gasteiger partial charge in [0.25, 0.3) is 0 Å². The third-order valence-corrected chi connectivity index (χ3v) is 8.93. The van der Waals surface area contributed by atoms with Gasteiger partial charge in [0, 0.05) is 6.42 Å². The molecule has 3 N–H and O–H groups in total. The molecule has 2 atom stereocenters. The van der Waals surface area contributed by atoms with Gasteiger partial charge in [-0.3, -0.25) is 4.79 Å². The van der Waals surface area contributed by atoms with Crippen molar-refractivity contribution in [1.29, 1.82) is 0 Å². The maximum atomic E-state index is 12.3. The molecule has 4 heteroatoms. The molecule has 0 bridgehead atoms. The van der Waals surface area contributed by atoms with Gasteiger partial charge in [-0.05, 0) is 96.3 Å². The summed E-state index contributed by atoms with van der Waals surface area (Å²) in [7, 11) is 0. The number of rotatable bonds is 37. The van der Waals surface area contributed by atoms with E-state index >= 15 is 0 Å². The Balaban J connectivity index is 3.66. The number of carbonyl (C=O) groups is 1. The summed E-state index contributed by atoms with van der Waals surface area (Å²) >= 11 is 0. The van der Waals surface area contributed by atoms with Crippen LogP contribution >= 0.6 is 0 Å². The average Bonchev–Trinajstić information content (AvgIpc) is 3.18. The van der Waals surface area contributed by atoms with Crippen LogP contribution in [0.1, 0.15) is 168 Å². The quantitative estimate of drug-likeness (QED) is 0.0438. The molecule has 0 heterocycles. The van der Waals surface area contributed by atoms with Crippen LogP contribution in [-0.2, 0) is 4.79 Å². The summed E-state index contributed by atoms with van der Waals surface area (Å²) in [6.45, 7) is 4.10. The Morgan fingerprint density at radius 1 is 0.463 bits per heavy atom. The summed E-state index contributed by atoms with van der Waals surface area (Å²) in [6.07, 6.45) is 68.8. The summed E-state index contributed by atoms with van der Waals surface area (Å²) in [5, 5.41) is 22.8. The van der Waals surface area contributed by atoms with Crippen LogP contribution in [0.15, 0.2) is 122 Å². The van der Waals surface area contributed by atoms with Crippen LogP contribution in [-0.4, -0.2) is 34.9 Å². The zero-order chi connectivity index (χ0) is 39.3. The molecule has 54 heavy (non-hydrogen) atoms. The molecule has 0 spiro atoms. The predicted octanol–water partition coefficient (Wildman–Crippen LogP) is 13.8.